The zero-order valence-electron chi connectivity index (χ0n) is 8.98. The normalized spacial score (nSPS) is 11.6. The SMILES string of the molecule is CN(CCC(F)(F)F)c1cc(F)c(Cl)cc1N. The van der Waals surface area contributed by atoms with Gasteiger partial charge in [-0.05, 0) is 6.07 Å². The number of rotatable bonds is 3. The maximum atomic E-state index is 13.2. The van der Waals surface area contributed by atoms with E-state index in [9.17, 15) is 17.6 Å². The molecular formula is C10H11ClF4N2. The summed E-state index contributed by atoms with van der Waals surface area (Å²) in [5.74, 6) is -0.713. The molecule has 0 saturated carbocycles. The first-order valence-corrected chi connectivity index (χ1v) is 5.11. The Bertz CT molecular complexity index is 406. The van der Waals surface area contributed by atoms with Crippen LogP contribution in [0.3, 0.4) is 0 Å². The quantitative estimate of drug-likeness (QED) is 0.673. The van der Waals surface area contributed by atoms with Crippen molar-refractivity contribution in [1.82, 2.24) is 0 Å². The summed E-state index contributed by atoms with van der Waals surface area (Å²) >= 11 is 5.49. The summed E-state index contributed by atoms with van der Waals surface area (Å²) in [6.07, 6.45) is -5.25. The standard InChI is InChI=1S/C10H11ClF4N2/c1-17(3-2-10(13,14)15)9-5-7(12)6(11)4-8(9)16/h4-5H,2-3,16H2,1H3. The molecule has 0 aromatic heterocycles. The summed E-state index contributed by atoms with van der Waals surface area (Å²) in [5, 5.41) is -0.157. The van der Waals surface area contributed by atoms with Gasteiger partial charge in [0.1, 0.15) is 5.82 Å². The van der Waals surface area contributed by atoms with Crippen LogP contribution in [0.25, 0.3) is 0 Å². The first kappa shape index (κ1) is 13.9. The van der Waals surface area contributed by atoms with Crippen molar-refractivity contribution < 1.29 is 17.6 Å². The van der Waals surface area contributed by atoms with E-state index in [2.05, 4.69) is 0 Å². The molecule has 0 aliphatic heterocycles. The van der Waals surface area contributed by atoms with E-state index in [4.69, 9.17) is 17.3 Å². The highest BCUT2D eigenvalue weighted by Gasteiger charge is 2.27. The van der Waals surface area contributed by atoms with Crippen LogP contribution in [0.4, 0.5) is 28.9 Å². The number of nitrogen functional groups attached to an aromatic ring is 1. The largest absolute Gasteiger partial charge is 0.397 e. The maximum absolute atomic E-state index is 13.2. The molecule has 0 bridgehead atoms. The second-order valence-electron chi connectivity index (χ2n) is 3.61. The first-order chi connectivity index (χ1) is 7.70. The molecule has 0 atom stereocenters. The van der Waals surface area contributed by atoms with Crippen LogP contribution in [0, 0.1) is 5.82 Å². The van der Waals surface area contributed by atoms with Crippen LogP contribution >= 0.6 is 11.6 Å². The van der Waals surface area contributed by atoms with E-state index in [0.29, 0.717) is 0 Å². The van der Waals surface area contributed by atoms with Crippen molar-refractivity contribution in [2.24, 2.45) is 0 Å². The van der Waals surface area contributed by atoms with Crippen LogP contribution in [-0.2, 0) is 0 Å². The zero-order valence-corrected chi connectivity index (χ0v) is 9.74. The van der Waals surface area contributed by atoms with E-state index in [0.717, 1.165) is 6.07 Å². The highest BCUT2D eigenvalue weighted by molar-refractivity contribution is 6.31. The third kappa shape index (κ3) is 3.96. The molecule has 1 aromatic carbocycles. The number of alkyl halides is 3. The molecule has 17 heavy (non-hydrogen) atoms. The van der Waals surface area contributed by atoms with E-state index in [1.165, 1.54) is 18.0 Å². The molecular weight excluding hydrogens is 260 g/mol. The van der Waals surface area contributed by atoms with Gasteiger partial charge in [0.2, 0.25) is 0 Å². The number of hydrogen-bond donors (Lipinski definition) is 1. The lowest BCUT2D eigenvalue weighted by Gasteiger charge is -2.22. The van der Waals surface area contributed by atoms with Crippen molar-refractivity contribution in [2.75, 3.05) is 24.2 Å². The summed E-state index contributed by atoms with van der Waals surface area (Å²) in [7, 11) is 1.41. The zero-order chi connectivity index (χ0) is 13.2. The van der Waals surface area contributed by atoms with Gasteiger partial charge in [0, 0.05) is 19.7 Å². The predicted molar refractivity (Wildman–Crippen MR) is 59.8 cm³/mol. The van der Waals surface area contributed by atoms with Crippen LogP contribution in [0.5, 0.6) is 0 Å². The molecule has 0 heterocycles. The topological polar surface area (TPSA) is 29.3 Å². The van der Waals surface area contributed by atoms with E-state index in [1.54, 1.807) is 0 Å². The van der Waals surface area contributed by atoms with Gasteiger partial charge in [0.05, 0.1) is 22.8 Å². The third-order valence-corrected chi connectivity index (χ3v) is 2.50. The Labute approximate surface area is 101 Å². The second kappa shape index (κ2) is 5.00. The summed E-state index contributed by atoms with van der Waals surface area (Å²) in [6, 6.07) is 2.20. The van der Waals surface area contributed by atoms with Gasteiger partial charge in [-0.15, -0.1) is 0 Å². The van der Waals surface area contributed by atoms with Crippen molar-refractivity contribution in [3.63, 3.8) is 0 Å². The fourth-order valence-electron chi connectivity index (χ4n) is 1.30. The van der Waals surface area contributed by atoms with E-state index >= 15 is 0 Å². The van der Waals surface area contributed by atoms with Crippen molar-refractivity contribution in [2.45, 2.75) is 12.6 Å². The van der Waals surface area contributed by atoms with Crippen molar-refractivity contribution in [3.8, 4) is 0 Å². The minimum Gasteiger partial charge on any atom is -0.397 e. The minimum absolute atomic E-state index is 0.140. The highest BCUT2D eigenvalue weighted by atomic mass is 35.5. The van der Waals surface area contributed by atoms with Crippen LogP contribution in [0.15, 0.2) is 12.1 Å². The molecule has 0 amide bonds. The number of hydrogen-bond acceptors (Lipinski definition) is 2. The Morgan fingerprint density at radius 3 is 2.47 bits per heavy atom. The summed E-state index contributed by atoms with van der Waals surface area (Å²) < 4.78 is 49.2. The summed E-state index contributed by atoms with van der Waals surface area (Å²) in [6.45, 7) is -0.297. The second-order valence-corrected chi connectivity index (χ2v) is 4.02. The average Bonchev–Trinajstić information content (AvgIpc) is 2.19. The smallest absolute Gasteiger partial charge is 0.390 e. The average molecular weight is 271 g/mol. The number of halogens is 5. The molecule has 1 rings (SSSR count). The van der Waals surface area contributed by atoms with Gasteiger partial charge >= 0.3 is 6.18 Å². The van der Waals surface area contributed by atoms with Crippen LogP contribution in [-0.4, -0.2) is 19.8 Å². The molecule has 2 nitrogen and oxygen atoms in total. The van der Waals surface area contributed by atoms with Gasteiger partial charge in [-0.3, -0.25) is 0 Å². The van der Waals surface area contributed by atoms with E-state index in [-0.39, 0.29) is 22.9 Å². The van der Waals surface area contributed by atoms with Gasteiger partial charge in [-0.25, -0.2) is 4.39 Å². The van der Waals surface area contributed by atoms with Crippen molar-refractivity contribution >= 4 is 23.0 Å². The lowest BCUT2D eigenvalue weighted by atomic mass is 10.2. The fraction of sp³-hybridized carbons (Fsp3) is 0.400. The first-order valence-electron chi connectivity index (χ1n) is 4.73. The van der Waals surface area contributed by atoms with Gasteiger partial charge < -0.3 is 10.6 Å². The molecule has 0 unspecified atom stereocenters. The Morgan fingerprint density at radius 1 is 1.35 bits per heavy atom. The number of nitrogens with two attached hydrogens (primary N) is 1. The molecule has 0 radical (unpaired) electrons. The molecule has 7 heteroatoms. The highest BCUT2D eigenvalue weighted by Crippen LogP contribution is 2.29. The fourth-order valence-corrected chi connectivity index (χ4v) is 1.47. The Morgan fingerprint density at radius 2 is 1.94 bits per heavy atom. The molecule has 96 valence electrons. The van der Waals surface area contributed by atoms with Gasteiger partial charge in [-0.2, -0.15) is 13.2 Å². The molecule has 0 saturated heterocycles. The van der Waals surface area contributed by atoms with Gasteiger partial charge in [0.15, 0.2) is 0 Å². The molecule has 1 aromatic rings. The molecule has 2 N–H and O–H groups in total. The molecule has 0 fully saturated rings. The van der Waals surface area contributed by atoms with Crippen LogP contribution < -0.4 is 10.6 Å². The van der Waals surface area contributed by atoms with E-state index in [1.807, 2.05) is 0 Å². The van der Waals surface area contributed by atoms with Crippen LogP contribution in [0.2, 0.25) is 5.02 Å². The summed E-state index contributed by atoms with van der Waals surface area (Å²) in [4.78, 5) is 1.24. The molecule has 0 spiro atoms. The number of anilines is 2. The van der Waals surface area contributed by atoms with Crippen LogP contribution in [0.1, 0.15) is 6.42 Å². The lowest BCUT2D eigenvalue weighted by molar-refractivity contribution is -0.132. The monoisotopic (exact) mass is 270 g/mol. The number of nitrogens with zero attached hydrogens (tertiary/aromatic N) is 1. The molecule has 0 aliphatic carbocycles. The van der Waals surface area contributed by atoms with Crippen molar-refractivity contribution in [3.05, 3.63) is 23.0 Å². The Kier molecular flexibility index (Phi) is 4.08. The lowest BCUT2D eigenvalue weighted by Crippen LogP contribution is -2.24. The predicted octanol–water partition coefficient (Wildman–Crippen LogP) is 3.45. The Balaban J connectivity index is 2.82. The van der Waals surface area contributed by atoms with Gasteiger partial charge in [-0.1, -0.05) is 11.6 Å². The third-order valence-electron chi connectivity index (χ3n) is 2.21. The molecule has 0 aliphatic rings. The number of benzene rings is 1. The van der Waals surface area contributed by atoms with Crippen molar-refractivity contribution in [1.29, 1.82) is 0 Å². The van der Waals surface area contributed by atoms with Gasteiger partial charge in [0.25, 0.3) is 0 Å². The minimum atomic E-state index is -4.26. The van der Waals surface area contributed by atoms with E-state index < -0.39 is 18.4 Å². The maximum Gasteiger partial charge on any atom is 0.390 e. The summed E-state index contributed by atoms with van der Waals surface area (Å²) in [5.41, 5.74) is 5.89. The Hall–Kier alpha value is -1.17.